The molecule has 4 heteroatoms. The van der Waals surface area contributed by atoms with Crippen LogP contribution in [0.1, 0.15) is 17.2 Å². The van der Waals surface area contributed by atoms with Crippen LogP contribution >= 0.6 is 27.5 Å². The summed E-state index contributed by atoms with van der Waals surface area (Å²) in [6, 6.07) is 15.6. The van der Waals surface area contributed by atoms with Crippen molar-refractivity contribution in [3.63, 3.8) is 0 Å². The van der Waals surface area contributed by atoms with Crippen LogP contribution in [0.2, 0.25) is 5.02 Å². The van der Waals surface area contributed by atoms with Gasteiger partial charge < -0.3 is 10.4 Å². The first-order valence-corrected chi connectivity index (χ1v) is 7.71. The lowest BCUT2D eigenvalue weighted by molar-refractivity contribution is 0.175. The van der Waals surface area contributed by atoms with Gasteiger partial charge in [-0.05, 0) is 48.4 Å². The highest BCUT2D eigenvalue weighted by Gasteiger charge is 2.06. The first-order chi connectivity index (χ1) is 9.65. The number of aliphatic hydroxyl groups is 1. The molecule has 0 saturated carbocycles. The van der Waals surface area contributed by atoms with Crippen LogP contribution < -0.4 is 5.32 Å². The molecule has 0 aromatic heterocycles. The van der Waals surface area contributed by atoms with Gasteiger partial charge in [0.25, 0.3) is 0 Å². The number of aliphatic hydroxyl groups excluding tert-OH is 1. The van der Waals surface area contributed by atoms with Crippen molar-refractivity contribution in [2.24, 2.45) is 0 Å². The molecule has 0 fully saturated rings. The fourth-order valence-electron chi connectivity index (χ4n) is 1.95. The molecule has 106 valence electrons. The minimum Gasteiger partial charge on any atom is -0.387 e. The molecule has 0 bridgehead atoms. The van der Waals surface area contributed by atoms with E-state index in [1.54, 1.807) is 12.1 Å². The zero-order valence-corrected chi connectivity index (χ0v) is 13.4. The molecule has 0 unspecified atom stereocenters. The summed E-state index contributed by atoms with van der Waals surface area (Å²) in [5.41, 5.74) is 2.12. The Bertz CT molecular complexity index is 544. The lowest BCUT2D eigenvalue weighted by Gasteiger charge is -2.12. The molecule has 0 heterocycles. The fraction of sp³-hybridized carbons (Fsp3) is 0.250. The third-order valence-electron chi connectivity index (χ3n) is 3.07. The molecule has 2 aromatic rings. The molecule has 0 spiro atoms. The number of halogens is 2. The Kier molecular flexibility index (Phi) is 6.05. The second kappa shape index (κ2) is 7.79. The van der Waals surface area contributed by atoms with E-state index in [0.717, 1.165) is 23.0 Å². The number of nitrogens with one attached hydrogen (secondary N) is 1. The average Bonchev–Trinajstić information content (AvgIpc) is 2.45. The van der Waals surface area contributed by atoms with Gasteiger partial charge in [-0.2, -0.15) is 0 Å². The molecule has 0 saturated heterocycles. The summed E-state index contributed by atoms with van der Waals surface area (Å²) in [5.74, 6) is 0. The van der Waals surface area contributed by atoms with Crippen molar-refractivity contribution >= 4 is 27.5 Å². The van der Waals surface area contributed by atoms with Crippen molar-refractivity contribution in [1.29, 1.82) is 0 Å². The van der Waals surface area contributed by atoms with E-state index in [9.17, 15) is 5.11 Å². The minimum absolute atomic E-state index is 0.525. The quantitative estimate of drug-likeness (QED) is 0.769. The Morgan fingerprint density at radius 3 is 2.60 bits per heavy atom. The summed E-state index contributed by atoms with van der Waals surface area (Å²) in [6.07, 6.45) is 0.411. The van der Waals surface area contributed by atoms with Crippen molar-refractivity contribution in [3.05, 3.63) is 69.2 Å². The lowest BCUT2D eigenvalue weighted by atomic mass is 10.1. The normalized spacial score (nSPS) is 12.3. The molecule has 2 rings (SSSR count). The molecule has 2 N–H and O–H groups in total. The maximum absolute atomic E-state index is 10.1. The zero-order valence-electron chi connectivity index (χ0n) is 11.0. The van der Waals surface area contributed by atoms with Crippen LogP contribution in [0.15, 0.2) is 53.0 Å². The number of hydrogen-bond acceptors (Lipinski definition) is 2. The molecule has 0 aliphatic carbocycles. The highest BCUT2D eigenvalue weighted by molar-refractivity contribution is 9.10. The van der Waals surface area contributed by atoms with E-state index in [-0.39, 0.29) is 0 Å². The highest BCUT2D eigenvalue weighted by Crippen LogP contribution is 2.17. The maximum Gasteiger partial charge on any atom is 0.0914 e. The van der Waals surface area contributed by atoms with E-state index in [0.29, 0.717) is 11.6 Å². The molecule has 20 heavy (non-hydrogen) atoms. The van der Waals surface area contributed by atoms with Crippen molar-refractivity contribution < 1.29 is 5.11 Å². The second-order valence-corrected chi connectivity index (χ2v) is 6.00. The van der Waals surface area contributed by atoms with Crippen LogP contribution in [-0.4, -0.2) is 18.2 Å². The van der Waals surface area contributed by atoms with Crippen molar-refractivity contribution in [3.8, 4) is 0 Å². The minimum atomic E-state index is -0.529. The Labute approximate surface area is 132 Å². The molecule has 0 radical (unpaired) electrons. The Morgan fingerprint density at radius 1 is 1.15 bits per heavy atom. The largest absolute Gasteiger partial charge is 0.387 e. The summed E-state index contributed by atoms with van der Waals surface area (Å²) in [7, 11) is 0. The molecular formula is C16H17BrClNO. The standard InChI is InChI=1S/C16H17BrClNO/c17-14-6-4-12(5-7-14)8-9-19-11-16(20)13-2-1-3-15(18)10-13/h1-7,10,16,19-20H,8-9,11H2/t16-/m0/s1. The lowest BCUT2D eigenvalue weighted by Crippen LogP contribution is -2.23. The second-order valence-electron chi connectivity index (χ2n) is 4.65. The zero-order chi connectivity index (χ0) is 14.4. The topological polar surface area (TPSA) is 32.3 Å². The molecule has 0 aliphatic rings. The Balaban J connectivity index is 1.74. The van der Waals surface area contributed by atoms with Crippen LogP contribution in [0.3, 0.4) is 0 Å². The average molecular weight is 355 g/mol. The summed E-state index contributed by atoms with van der Waals surface area (Å²) in [5, 5.41) is 14.0. The van der Waals surface area contributed by atoms with Gasteiger partial charge >= 0.3 is 0 Å². The summed E-state index contributed by atoms with van der Waals surface area (Å²) in [6.45, 7) is 1.36. The molecule has 2 aromatic carbocycles. The van der Waals surface area contributed by atoms with Gasteiger partial charge in [0.15, 0.2) is 0 Å². The monoisotopic (exact) mass is 353 g/mol. The van der Waals surface area contributed by atoms with E-state index in [1.165, 1.54) is 5.56 Å². The van der Waals surface area contributed by atoms with Crippen LogP contribution in [0.4, 0.5) is 0 Å². The smallest absolute Gasteiger partial charge is 0.0914 e. The van der Waals surface area contributed by atoms with Crippen LogP contribution in [0.25, 0.3) is 0 Å². The first kappa shape index (κ1) is 15.5. The maximum atomic E-state index is 10.1. The van der Waals surface area contributed by atoms with Gasteiger partial charge in [-0.1, -0.05) is 51.8 Å². The summed E-state index contributed by atoms with van der Waals surface area (Å²) >= 11 is 9.33. The molecular weight excluding hydrogens is 338 g/mol. The number of benzene rings is 2. The van der Waals surface area contributed by atoms with E-state index in [4.69, 9.17) is 11.6 Å². The molecule has 2 nitrogen and oxygen atoms in total. The third kappa shape index (κ3) is 4.91. The highest BCUT2D eigenvalue weighted by atomic mass is 79.9. The molecule has 1 atom stereocenters. The summed E-state index contributed by atoms with van der Waals surface area (Å²) in [4.78, 5) is 0. The van der Waals surface area contributed by atoms with Crippen LogP contribution in [-0.2, 0) is 6.42 Å². The molecule has 0 amide bonds. The third-order valence-corrected chi connectivity index (χ3v) is 3.84. The Morgan fingerprint density at radius 2 is 1.90 bits per heavy atom. The number of hydrogen-bond donors (Lipinski definition) is 2. The SMILES string of the molecule is O[C@@H](CNCCc1ccc(Br)cc1)c1cccc(Cl)c1. The van der Waals surface area contributed by atoms with Gasteiger partial charge in [0.1, 0.15) is 0 Å². The Hall–Kier alpha value is -0.870. The number of rotatable bonds is 6. The first-order valence-electron chi connectivity index (χ1n) is 6.54. The van der Waals surface area contributed by atoms with Crippen molar-refractivity contribution in [2.75, 3.05) is 13.1 Å². The van der Waals surface area contributed by atoms with Gasteiger partial charge in [-0.15, -0.1) is 0 Å². The van der Waals surface area contributed by atoms with E-state index in [1.807, 2.05) is 24.3 Å². The predicted molar refractivity (Wildman–Crippen MR) is 87.1 cm³/mol. The van der Waals surface area contributed by atoms with Crippen molar-refractivity contribution in [1.82, 2.24) is 5.32 Å². The van der Waals surface area contributed by atoms with Gasteiger partial charge in [0.2, 0.25) is 0 Å². The van der Waals surface area contributed by atoms with Gasteiger partial charge in [-0.25, -0.2) is 0 Å². The summed E-state index contributed by atoms with van der Waals surface area (Å²) < 4.78 is 1.09. The van der Waals surface area contributed by atoms with Gasteiger partial charge in [0, 0.05) is 16.0 Å². The molecule has 0 aliphatic heterocycles. The van der Waals surface area contributed by atoms with E-state index < -0.39 is 6.10 Å². The van der Waals surface area contributed by atoms with Crippen molar-refractivity contribution in [2.45, 2.75) is 12.5 Å². The van der Waals surface area contributed by atoms with E-state index in [2.05, 4.69) is 33.4 Å². The predicted octanol–water partition coefficient (Wildman–Crippen LogP) is 3.97. The van der Waals surface area contributed by atoms with Gasteiger partial charge in [0.05, 0.1) is 6.10 Å². The van der Waals surface area contributed by atoms with Crippen LogP contribution in [0, 0.1) is 0 Å². The fourth-order valence-corrected chi connectivity index (χ4v) is 2.42. The van der Waals surface area contributed by atoms with E-state index >= 15 is 0 Å². The van der Waals surface area contributed by atoms with Gasteiger partial charge in [-0.3, -0.25) is 0 Å². The van der Waals surface area contributed by atoms with Crippen LogP contribution in [0.5, 0.6) is 0 Å².